The van der Waals surface area contributed by atoms with Crippen LogP contribution in [0.2, 0.25) is 0 Å². The maximum absolute atomic E-state index is 13.8. The fourth-order valence-electron chi connectivity index (χ4n) is 2.13. The first kappa shape index (κ1) is 13.5. The number of carbonyl (C=O) groups excluding carboxylic acids is 1. The number of piperazine rings is 1. The molecule has 1 saturated heterocycles. The first-order valence-corrected chi connectivity index (χ1v) is 6.77. The Labute approximate surface area is 114 Å². The van der Waals surface area contributed by atoms with Crippen LogP contribution < -0.4 is 5.32 Å². The first-order chi connectivity index (χ1) is 8.50. The van der Waals surface area contributed by atoms with E-state index in [0.717, 1.165) is 12.1 Å². The van der Waals surface area contributed by atoms with Crippen molar-refractivity contribution < 1.29 is 9.18 Å². The van der Waals surface area contributed by atoms with Crippen molar-refractivity contribution in [2.75, 3.05) is 19.6 Å². The third-order valence-electron chi connectivity index (χ3n) is 3.15. The molecule has 1 N–H and O–H groups in total. The molecule has 5 heteroatoms. The molecule has 0 saturated carbocycles. The first-order valence-electron chi connectivity index (χ1n) is 5.98. The number of nitrogens with one attached hydrogen (secondary N) is 1. The molecule has 98 valence electrons. The standard InChI is InChI=1S/C13H16BrFN2O/c1-8-3-4-10(15)11(12(8)14)13(18)17-6-5-16-9(2)7-17/h3-4,9,16H,5-7H2,1-2H3. The van der Waals surface area contributed by atoms with Crippen molar-refractivity contribution in [1.82, 2.24) is 10.2 Å². The number of carbonyl (C=O) groups is 1. The lowest BCUT2D eigenvalue weighted by molar-refractivity contribution is 0.0703. The summed E-state index contributed by atoms with van der Waals surface area (Å²) in [5.74, 6) is -0.708. The summed E-state index contributed by atoms with van der Waals surface area (Å²) in [4.78, 5) is 14.1. The zero-order valence-electron chi connectivity index (χ0n) is 10.5. The third kappa shape index (κ3) is 2.57. The monoisotopic (exact) mass is 314 g/mol. The molecule has 18 heavy (non-hydrogen) atoms. The Morgan fingerprint density at radius 2 is 2.28 bits per heavy atom. The smallest absolute Gasteiger partial charge is 0.258 e. The number of nitrogens with zero attached hydrogens (tertiary/aromatic N) is 1. The van der Waals surface area contributed by atoms with Gasteiger partial charge in [0, 0.05) is 30.1 Å². The average Bonchev–Trinajstić information content (AvgIpc) is 2.34. The van der Waals surface area contributed by atoms with E-state index in [4.69, 9.17) is 0 Å². The molecule has 1 heterocycles. The Hall–Kier alpha value is -0.940. The molecule has 0 aliphatic carbocycles. The van der Waals surface area contributed by atoms with Gasteiger partial charge in [-0.15, -0.1) is 0 Å². The second-order valence-corrected chi connectivity index (χ2v) is 5.45. The SMILES string of the molecule is Cc1ccc(F)c(C(=O)N2CCNC(C)C2)c1Br. The molecule has 0 bridgehead atoms. The van der Waals surface area contributed by atoms with E-state index in [1.807, 2.05) is 13.8 Å². The molecule has 1 amide bonds. The lowest BCUT2D eigenvalue weighted by Crippen LogP contribution is -2.51. The van der Waals surface area contributed by atoms with Crippen LogP contribution in [0.25, 0.3) is 0 Å². The zero-order valence-corrected chi connectivity index (χ0v) is 12.1. The van der Waals surface area contributed by atoms with Crippen LogP contribution in [0, 0.1) is 12.7 Å². The summed E-state index contributed by atoms with van der Waals surface area (Å²) < 4.78 is 14.4. The Kier molecular flexibility index (Phi) is 4.02. The zero-order chi connectivity index (χ0) is 13.3. The minimum atomic E-state index is -0.469. The Morgan fingerprint density at radius 1 is 1.56 bits per heavy atom. The van der Waals surface area contributed by atoms with Gasteiger partial charge in [-0.1, -0.05) is 6.07 Å². The summed E-state index contributed by atoms with van der Waals surface area (Å²) in [7, 11) is 0. The summed E-state index contributed by atoms with van der Waals surface area (Å²) in [5, 5.41) is 3.26. The van der Waals surface area contributed by atoms with E-state index in [2.05, 4.69) is 21.2 Å². The maximum atomic E-state index is 13.8. The summed E-state index contributed by atoms with van der Waals surface area (Å²) in [6.45, 7) is 5.83. The minimum absolute atomic E-state index is 0.143. The van der Waals surface area contributed by atoms with Gasteiger partial charge in [0.25, 0.3) is 5.91 Å². The van der Waals surface area contributed by atoms with Crippen LogP contribution in [0.1, 0.15) is 22.8 Å². The van der Waals surface area contributed by atoms with Gasteiger partial charge in [0.1, 0.15) is 5.82 Å². The normalized spacial score (nSPS) is 20.0. The molecule has 1 aliphatic heterocycles. The van der Waals surface area contributed by atoms with Gasteiger partial charge in [-0.05, 0) is 41.4 Å². The van der Waals surface area contributed by atoms with Crippen LogP contribution in [0.3, 0.4) is 0 Å². The van der Waals surface area contributed by atoms with E-state index >= 15 is 0 Å². The molecule has 1 atom stereocenters. The predicted octanol–water partition coefficient (Wildman–Crippen LogP) is 2.33. The van der Waals surface area contributed by atoms with E-state index in [0.29, 0.717) is 17.6 Å². The Bertz CT molecular complexity index is 478. The molecule has 2 rings (SSSR count). The second-order valence-electron chi connectivity index (χ2n) is 4.66. The molecular formula is C13H16BrFN2O. The van der Waals surface area contributed by atoms with Crippen LogP contribution in [-0.4, -0.2) is 36.5 Å². The number of halogens is 2. The van der Waals surface area contributed by atoms with Gasteiger partial charge in [-0.3, -0.25) is 4.79 Å². The van der Waals surface area contributed by atoms with Gasteiger partial charge in [-0.25, -0.2) is 4.39 Å². The van der Waals surface area contributed by atoms with E-state index in [-0.39, 0.29) is 17.5 Å². The topological polar surface area (TPSA) is 32.3 Å². The van der Waals surface area contributed by atoms with Gasteiger partial charge in [0.05, 0.1) is 5.56 Å². The summed E-state index contributed by atoms with van der Waals surface area (Å²) in [6, 6.07) is 3.25. The molecule has 0 spiro atoms. The Morgan fingerprint density at radius 3 is 2.94 bits per heavy atom. The van der Waals surface area contributed by atoms with Crippen molar-refractivity contribution in [3.8, 4) is 0 Å². The van der Waals surface area contributed by atoms with Crippen molar-refractivity contribution in [3.63, 3.8) is 0 Å². The summed E-state index contributed by atoms with van der Waals surface area (Å²) >= 11 is 3.31. The number of hydrogen-bond donors (Lipinski definition) is 1. The number of aryl methyl sites for hydroxylation is 1. The second kappa shape index (κ2) is 5.36. The van der Waals surface area contributed by atoms with E-state index < -0.39 is 5.82 Å². The molecule has 0 radical (unpaired) electrons. The predicted molar refractivity (Wildman–Crippen MR) is 72.2 cm³/mol. The largest absolute Gasteiger partial charge is 0.336 e. The Balaban J connectivity index is 2.31. The molecule has 3 nitrogen and oxygen atoms in total. The average molecular weight is 315 g/mol. The number of rotatable bonds is 1. The number of hydrogen-bond acceptors (Lipinski definition) is 2. The molecule has 1 aliphatic rings. The van der Waals surface area contributed by atoms with Crippen molar-refractivity contribution in [3.05, 3.63) is 33.5 Å². The van der Waals surface area contributed by atoms with Gasteiger partial charge >= 0.3 is 0 Å². The molecule has 1 fully saturated rings. The van der Waals surface area contributed by atoms with Crippen molar-refractivity contribution >= 4 is 21.8 Å². The highest BCUT2D eigenvalue weighted by Gasteiger charge is 2.26. The van der Waals surface area contributed by atoms with Crippen LogP contribution in [-0.2, 0) is 0 Å². The lowest BCUT2D eigenvalue weighted by Gasteiger charge is -2.32. The third-order valence-corrected chi connectivity index (χ3v) is 4.18. The fourth-order valence-corrected chi connectivity index (χ4v) is 2.62. The van der Waals surface area contributed by atoms with Gasteiger partial charge in [0.15, 0.2) is 0 Å². The van der Waals surface area contributed by atoms with Gasteiger partial charge in [-0.2, -0.15) is 0 Å². The maximum Gasteiger partial charge on any atom is 0.258 e. The molecule has 0 aromatic heterocycles. The fraction of sp³-hybridized carbons (Fsp3) is 0.462. The highest BCUT2D eigenvalue weighted by molar-refractivity contribution is 9.10. The summed E-state index contributed by atoms with van der Waals surface area (Å²) in [5.41, 5.74) is 1.01. The highest BCUT2D eigenvalue weighted by atomic mass is 79.9. The molecular weight excluding hydrogens is 299 g/mol. The van der Waals surface area contributed by atoms with Crippen molar-refractivity contribution in [2.45, 2.75) is 19.9 Å². The number of benzene rings is 1. The van der Waals surface area contributed by atoms with Crippen molar-refractivity contribution in [2.24, 2.45) is 0 Å². The molecule has 1 aromatic rings. The quantitative estimate of drug-likeness (QED) is 0.863. The number of amides is 1. The highest BCUT2D eigenvalue weighted by Crippen LogP contribution is 2.25. The van der Waals surface area contributed by atoms with Crippen LogP contribution in [0.4, 0.5) is 4.39 Å². The molecule has 1 unspecified atom stereocenters. The molecule has 1 aromatic carbocycles. The van der Waals surface area contributed by atoms with Crippen molar-refractivity contribution in [1.29, 1.82) is 0 Å². The van der Waals surface area contributed by atoms with Gasteiger partial charge < -0.3 is 10.2 Å². The van der Waals surface area contributed by atoms with Crippen LogP contribution >= 0.6 is 15.9 Å². The van der Waals surface area contributed by atoms with E-state index in [9.17, 15) is 9.18 Å². The van der Waals surface area contributed by atoms with E-state index in [1.54, 1.807) is 11.0 Å². The van der Waals surface area contributed by atoms with E-state index in [1.165, 1.54) is 6.07 Å². The van der Waals surface area contributed by atoms with Crippen LogP contribution in [0.15, 0.2) is 16.6 Å². The van der Waals surface area contributed by atoms with Crippen LogP contribution in [0.5, 0.6) is 0 Å². The van der Waals surface area contributed by atoms with Gasteiger partial charge in [0.2, 0.25) is 0 Å². The minimum Gasteiger partial charge on any atom is -0.336 e. The summed E-state index contributed by atoms with van der Waals surface area (Å²) in [6.07, 6.45) is 0. The lowest BCUT2D eigenvalue weighted by atomic mass is 10.1.